The van der Waals surface area contributed by atoms with Crippen molar-refractivity contribution < 1.29 is 13.9 Å². The van der Waals surface area contributed by atoms with Gasteiger partial charge < -0.3 is 20.7 Å². The molecular formula is C21H23ClFN3O2. The third-order valence-electron chi connectivity index (χ3n) is 5.39. The highest BCUT2D eigenvalue weighted by atomic mass is 35.5. The van der Waals surface area contributed by atoms with Crippen LogP contribution in [0.4, 0.5) is 9.18 Å². The molecule has 0 bridgehead atoms. The maximum absolute atomic E-state index is 13.0. The van der Waals surface area contributed by atoms with Gasteiger partial charge in [-0.3, -0.25) is 0 Å². The number of nitrogens with one attached hydrogen (secondary N) is 3. The van der Waals surface area contributed by atoms with E-state index in [0.717, 1.165) is 36.1 Å². The molecule has 2 aromatic rings. The van der Waals surface area contributed by atoms with Crippen LogP contribution in [0.25, 0.3) is 0 Å². The zero-order chi connectivity index (χ0) is 19.5. The Morgan fingerprint density at radius 3 is 2.71 bits per heavy atom. The van der Waals surface area contributed by atoms with Crippen molar-refractivity contribution in [1.29, 1.82) is 0 Å². The molecule has 3 atom stereocenters. The van der Waals surface area contributed by atoms with Crippen LogP contribution < -0.4 is 20.7 Å². The summed E-state index contributed by atoms with van der Waals surface area (Å²) in [6.07, 6.45) is 2.87. The second-order valence-corrected chi connectivity index (χ2v) is 7.83. The summed E-state index contributed by atoms with van der Waals surface area (Å²) in [6.45, 7) is 0.989. The number of fused-ring (bicyclic) bond motifs is 1. The Kier molecular flexibility index (Phi) is 5.69. The van der Waals surface area contributed by atoms with Crippen LogP contribution in [0.15, 0.2) is 42.5 Å². The molecule has 4 rings (SSSR count). The van der Waals surface area contributed by atoms with Gasteiger partial charge in [0.05, 0.1) is 12.1 Å². The first-order valence-electron chi connectivity index (χ1n) is 9.53. The summed E-state index contributed by atoms with van der Waals surface area (Å²) >= 11 is 6.18. The van der Waals surface area contributed by atoms with E-state index in [1.165, 1.54) is 12.1 Å². The molecule has 3 unspecified atom stereocenters. The lowest BCUT2D eigenvalue weighted by Crippen LogP contribution is -2.46. The lowest BCUT2D eigenvalue weighted by Gasteiger charge is -2.31. The van der Waals surface area contributed by atoms with Crippen LogP contribution in [0.3, 0.4) is 0 Å². The van der Waals surface area contributed by atoms with Crippen molar-refractivity contribution in [2.75, 3.05) is 0 Å². The Labute approximate surface area is 168 Å². The maximum Gasteiger partial charge on any atom is 0.315 e. The monoisotopic (exact) mass is 403 g/mol. The Morgan fingerprint density at radius 1 is 1.11 bits per heavy atom. The third kappa shape index (κ3) is 4.56. The predicted octanol–water partition coefficient (Wildman–Crippen LogP) is 3.75. The summed E-state index contributed by atoms with van der Waals surface area (Å²) in [5.41, 5.74) is 1.88. The number of amides is 2. The van der Waals surface area contributed by atoms with Gasteiger partial charge in [0.2, 0.25) is 0 Å². The SMILES string of the molecule is O=C1NC2CCC(NCc3cc(Cl)ccc3OCc3ccc(F)cc3)CC2N1. The summed E-state index contributed by atoms with van der Waals surface area (Å²) in [4.78, 5) is 11.5. The van der Waals surface area contributed by atoms with Gasteiger partial charge in [0.25, 0.3) is 0 Å². The van der Waals surface area contributed by atoms with Crippen LogP contribution in [-0.2, 0) is 13.2 Å². The molecule has 28 heavy (non-hydrogen) atoms. The van der Waals surface area contributed by atoms with Gasteiger partial charge in [-0.15, -0.1) is 0 Å². The van der Waals surface area contributed by atoms with Gasteiger partial charge in [0, 0.05) is 23.2 Å². The molecule has 0 radical (unpaired) electrons. The van der Waals surface area contributed by atoms with E-state index in [4.69, 9.17) is 16.3 Å². The number of carbonyl (C=O) groups is 1. The Hall–Kier alpha value is -2.31. The number of hydrogen-bond donors (Lipinski definition) is 3. The molecule has 1 aliphatic heterocycles. The highest BCUT2D eigenvalue weighted by Crippen LogP contribution is 2.26. The van der Waals surface area contributed by atoms with Crippen LogP contribution in [0, 0.1) is 5.82 Å². The second kappa shape index (κ2) is 8.37. The number of halogens is 2. The first-order chi connectivity index (χ1) is 13.6. The maximum atomic E-state index is 13.0. The lowest BCUT2D eigenvalue weighted by atomic mass is 9.88. The van der Waals surface area contributed by atoms with E-state index in [2.05, 4.69) is 16.0 Å². The molecule has 2 amide bonds. The van der Waals surface area contributed by atoms with E-state index >= 15 is 0 Å². The fourth-order valence-corrected chi connectivity index (χ4v) is 4.08. The van der Waals surface area contributed by atoms with Crippen LogP contribution in [0.1, 0.15) is 30.4 Å². The van der Waals surface area contributed by atoms with Crippen LogP contribution in [-0.4, -0.2) is 24.2 Å². The third-order valence-corrected chi connectivity index (χ3v) is 5.63. The molecule has 2 aliphatic rings. The quantitative estimate of drug-likeness (QED) is 0.688. The van der Waals surface area contributed by atoms with E-state index in [1.54, 1.807) is 18.2 Å². The highest BCUT2D eigenvalue weighted by molar-refractivity contribution is 6.30. The minimum Gasteiger partial charge on any atom is -0.489 e. The number of hydrogen-bond acceptors (Lipinski definition) is 3. The van der Waals surface area contributed by atoms with Gasteiger partial charge in [0.15, 0.2) is 0 Å². The van der Waals surface area contributed by atoms with Crippen molar-refractivity contribution in [3.05, 3.63) is 64.4 Å². The molecule has 3 N–H and O–H groups in total. The van der Waals surface area contributed by atoms with E-state index in [-0.39, 0.29) is 23.9 Å². The lowest BCUT2D eigenvalue weighted by molar-refractivity contribution is 0.247. The molecule has 7 heteroatoms. The fraction of sp³-hybridized carbons (Fsp3) is 0.381. The van der Waals surface area contributed by atoms with E-state index < -0.39 is 0 Å². The predicted molar refractivity (Wildman–Crippen MR) is 106 cm³/mol. The zero-order valence-corrected chi connectivity index (χ0v) is 16.1. The Bertz CT molecular complexity index is 846. The van der Waals surface area contributed by atoms with Crippen molar-refractivity contribution in [2.24, 2.45) is 0 Å². The van der Waals surface area contributed by atoms with Gasteiger partial charge in [-0.1, -0.05) is 23.7 Å². The largest absolute Gasteiger partial charge is 0.489 e. The second-order valence-electron chi connectivity index (χ2n) is 7.39. The molecule has 5 nitrogen and oxygen atoms in total. The molecule has 2 fully saturated rings. The standard InChI is InChI=1S/C21H23ClFN3O2/c22-15-3-8-20(28-12-13-1-4-16(23)5-2-13)14(9-15)11-24-17-6-7-18-19(10-17)26-21(27)25-18/h1-5,8-9,17-19,24H,6-7,10-12H2,(H2,25,26,27). The topological polar surface area (TPSA) is 62.4 Å². The van der Waals surface area contributed by atoms with Gasteiger partial charge in [-0.2, -0.15) is 0 Å². The molecule has 2 aromatic carbocycles. The number of benzene rings is 2. The van der Waals surface area contributed by atoms with Gasteiger partial charge >= 0.3 is 6.03 Å². The molecule has 148 valence electrons. The Morgan fingerprint density at radius 2 is 1.89 bits per heavy atom. The molecule has 1 aliphatic carbocycles. The highest BCUT2D eigenvalue weighted by Gasteiger charge is 2.36. The molecule has 1 saturated carbocycles. The van der Waals surface area contributed by atoms with Crippen molar-refractivity contribution in [1.82, 2.24) is 16.0 Å². The average molecular weight is 404 g/mol. The van der Waals surface area contributed by atoms with E-state index in [1.807, 2.05) is 12.1 Å². The summed E-state index contributed by atoms with van der Waals surface area (Å²) in [7, 11) is 0. The summed E-state index contributed by atoms with van der Waals surface area (Å²) in [6, 6.07) is 12.5. The van der Waals surface area contributed by atoms with Crippen molar-refractivity contribution in [3.8, 4) is 5.75 Å². The number of rotatable bonds is 6. The Balaban J connectivity index is 1.36. The number of urea groups is 1. The summed E-state index contributed by atoms with van der Waals surface area (Å²) < 4.78 is 19.0. The van der Waals surface area contributed by atoms with E-state index in [0.29, 0.717) is 24.2 Å². The average Bonchev–Trinajstić information content (AvgIpc) is 3.06. The van der Waals surface area contributed by atoms with Crippen LogP contribution in [0.5, 0.6) is 5.75 Å². The summed E-state index contributed by atoms with van der Waals surface area (Å²) in [5, 5.41) is 10.2. The molecule has 1 saturated heterocycles. The minimum absolute atomic E-state index is 0.0676. The summed E-state index contributed by atoms with van der Waals surface area (Å²) in [5.74, 6) is 0.495. The van der Waals surface area contributed by atoms with Crippen molar-refractivity contribution in [3.63, 3.8) is 0 Å². The first-order valence-corrected chi connectivity index (χ1v) is 9.91. The number of ether oxygens (including phenoxy) is 1. The normalized spacial score (nSPS) is 23.6. The molecule has 0 spiro atoms. The molecule has 0 aromatic heterocycles. The van der Waals surface area contributed by atoms with Gasteiger partial charge in [-0.25, -0.2) is 9.18 Å². The molecular weight excluding hydrogens is 381 g/mol. The van der Waals surface area contributed by atoms with Crippen LogP contribution >= 0.6 is 11.6 Å². The van der Waals surface area contributed by atoms with Crippen molar-refractivity contribution >= 4 is 17.6 Å². The van der Waals surface area contributed by atoms with Crippen LogP contribution in [0.2, 0.25) is 5.02 Å². The zero-order valence-electron chi connectivity index (χ0n) is 15.4. The fourth-order valence-electron chi connectivity index (χ4n) is 3.89. The molecule has 1 heterocycles. The van der Waals surface area contributed by atoms with Crippen molar-refractivity contribution in [2.45, 2.75) is 50.5 Å². The number of carbonyl (C=O) groups excluding carboxylic acids is 1. The van der Waals surface area contributed by atoms with E-state index in [9.17, 15) is 9.18 Å². The first kappa shape index (κ1) is 19.0. The minimum atomic E-state index is -0.261. The van der Waals surface area contributed by atoms with Gasteiger partial charge in [-0.05, 0) is 55.2 Å². The smallest absolute Gasteiger partial charge is 0.315 e. The van der Waals surface area contributed by atoms with Gasteiger partial charge in [0.1, 0.15) is 18.2 Å².